The van der Waals surface area contributed by atoms with E-state index in [0.29, 0.717) is 5.75 Å². The molecule has 3 heteroatoms. The normalized spacial score (nSPS) is 12.2. The van der Waals surface area contributed by atoms with Crippen molar-refractivity contribution in [1.82, 2.24) is 5.32 Å². The zero-order chi connectivity index (χ0) is 14.4. The molecule has 2 aromatic carbocycles. The monoisotopic (exact) mass is 273 g/mol. The highest BCUT2D eigenvalue weighted by Gasteiger charge is 2.18. The molecule has 0 fully saturated rings. The van der Waals surface area contributed by atoms with Gasteiger partial charge in [-0.1, -0.05) is 37.3 Å². The van der Waals surface area contributed by atoms with Gasteiger partial charge in [-0.15, -0.1) is 0 Å². The molecular formula is C17H20FNO. The van der Waals surface area contributed by atoms with Crippen LogP contribution in [0.25, 0.3) is 0 Å². The van der Waals surface area contributed by atoms with Crippen molar-refractivity contribution in [1.29, 1.82) is 0 Å². The predicted octanol–water partition coefficient (Wildman–Crippen LogP) is 3.92. The van der Waals surface area contributed by atoms with Gasteiger partial charge in [0, 0.05) is 5.56 Å². The summed E-state index contributed by atoms with van der Waals surface area (Å²) in [6.07, 6.45) is 1.01. The standard InChI is InChI=1S/C17H20FNO/c1-3-11-19-17(13-7-5-4-6-8-13)15-12-14(18)9-10-16(15)20-2/h4-10,12,17,19H,3,11H2,1-2H3. The summed E-state index contributed by atoms with van der Waals surface area (Å²) in [6.45, 7) is 2.97. The van der Waals surface area contributed by atoms with Crippen molar-refractivity contribution in [3.05, 3.63) is 65.5 Å². The average Bonchev–Trinajstić information content (AvgIpc) is 2.49. The fourth-order valence-corrected chi connectivity index (χ4v) is 2.27. The second-order valence-electron chi connectivity index (χ2n) is 4.68. The van der Waals surface area contributed by atoms with E-state index in [4.69, 9.17) is 4.74 Å². The molecule has 106 valence electrons. The van der Waals surface area contributed by atoms with Gasteiger partial charge in [-0.3, -0.25) is 0 Å². The number of methoxy groups -OCH3 is 1. The van der Waals surface area contributed by atoms with Crippen molar-refractivity contribution in [3.63, 3.8) is 0 Å². The predicted molar refractivity (Wildman–Crippen MR) is 79.5 cm³/mol. The van der Waals surface area contributed by atoms with Crippen LogP contribution < -0.4 is 10.1 Å². The number of rotatable bonds is 6. The SMILES string of the molecule is CCCNC(c1ccccc1)c1cc(F)ccc1OC. The van der Waals surface area contributed by atoms with Crippen LogP contribution in [-0.4, -0.2) is 13.7 Å². The zero-order valence-corrected chi connectivity index (χ0v) is 11.9. The fraction of sp³-hybridized carbons (Fsp3) is 0.294. The van der Waals surface area contributed by atoms with E-state index < -0.39 is 0 Å². The molecule has 0 saturated heterocycles. The molecule has 20 heavy (non-hydrogen) atoms. The Bertz CT molecular complexity index is 542. The second-order valence-corrected chi connectivity index (χ2v) is 4.68. The van der Waals surface area contributed by atoms with Crippen LogP contribution >= 0.6 is 0 Å². The first-order valence-corrected chi connectivity index (χ1v) is 6.88. The van der Waals surface area contributed by atoms with E-state index in [1.54, 1.807) is 19.2 Å². The minimum atomic E-state index is -0.250. The molecule has 0 aliphatic rings. The topological polar surface area (TPSA) is 21.3 Å². The lowest BCUT2D eigenvalue weighted by Crippen LogP contribution is -2.23. The van der Waals surface area contributed by atoms with Gasteiger partial charge in [0.1, 0.15) is 11.6 Å². The average molecular weight is 273 g/mol. The van der Waals surface area contributed by atoms with Gasteiger partial charge < -0.3 is 10.1 Å². The van der Waals surface area contributed by atoms with Gasteiger partial charge in [0.15, 0.2) is 0 Å². The molecule has 0 bridgehead atoms. The smallest absolute Gasteiger partial charge is 0.124 e. The second kappa shape index (κ2) is 7.06. The Morgan fingerprint density at radius 1 is 1.15 bits per heavy atom. The van der Waals surface area contributed by atoms with Crippen LogP contribution in [0.4, 0.5) is 4.39 Å². The fourth-order valence-electron chi connectivity index (χ4n) is 2.27. The zero-order valence-electron chi connectivity index (χ0n) is 11.9. The molecule has 0 saturated carbocycles. The van der Waals surface area contributed by atoms with Gasteiger partial charge in [0.25, 0.3) is 0 Å². The van der Waals surface area contributed by atoms with Gasteiger partial charge in [-0.2, -0.15) is 0 Å². The van der Waals surface area contributed by atoms with Crippen LogP contribution in [0.1, 0.15) is 30.5 Å². The van der Waals surface area contributed by atoms with Crippen LogP contribution in [0.3, 0.4) is 0 Å². The van der Waals surface area contributed by atoms with E-state index in [1.165, 1.54) is 6.07 Å². The Morgan fingerprint density at radius 3 is 2.55 bits per heavy atom. The molecule has 0 spiro atoms. The number of hydrogen-bond acceptors (Lipinski definition) is 2. The minimum Gasteiger partial charge on any atom is -0.496 e. The third kappa shape index (κ3) is 3.36. The van der Waals surface area contributed by atoms with Crippen molar-refractivity contribution in [2.24, 2.45) is 0 Å². The first-order valence-electron chi connectivity index (χ1n) is 6.88. The largest absolute Gasteiger partial charge is 0.496 e. The van der Waals surface area contributed by atoms with E-state index in [0.717, 1.165) is 24.1 Å². The quantitative estimate of drug-likeness (QED) is 0.861. The summed E-state index contributed by atoms with van der Waals surface area (Å²) in [6, 6.07) is 14.6. The minimum absolute atomic E-state index is 0.0678. The lowest BCUT2D eigenvalue weighted by molar-refractivity contribution is 0.402. The molecule has 1 N–H and O–H groups in total. The molecule has 0 radical (unpaired) electrons. The van der Waals surface area contributed by atoms with Gasteiger partial charge >= 0.3 is 0 Å². The molecule has 2 nitrogen and oxygen atoms in total. The van der Waals surface area contributed by atoms with Crippen molar-refractivity contribution < 1.29 is 9.13 Å². The van der Waals surface area contributed by atoms with Crippen LogP contribution in [0.5, 0.6) is 5.75 Å². The molecule has 1 atom stereocenters. The molecular weight excluding hydrogens is 253 g/mol. The van der Waals surface area contributed by atoms with Crippen LogP contribution in [-0.2, 0) is 0 Å². The van der Waals surface area contributed by atoms with E-state index in [-0.39, 0.29) is 11.9 Å². The number of nitrogens with one attached hydrogen (secondary N) is 1. The maximum absolute atomic E-state index is 13.6. The Balaban J connectivity index is 2.43. The van der Waals surface area contributed by atoms with Gasteiger partial charge in [-0.05, 0) is 36.7 Å². The molecule has 0 aliphatic heterocycles. The summed E-state index contributed by atoms with van der Waals surface area (Å²) < 4.78 is 19.0. The molecule has 0 amide bonds. The van der Waals surface area contributed by atoms with Gasteiger partial charge in [-0.25, -0.2) is 4.39 Å². The van der Waals surface area contributed by atoms with Crippen LogP contribution in [0.2, 0.25) is 0 Å². The van der Waals surface area contributed by atoms with Crippen LogP contribution in [0.15, 0.2) is 48.5 Å². The summed E-state index contributed by atoms with van der Waals surface area (Å²) >= 11 is 0. The Morgan fingerprint density at radius 2 is 1.90 bits per heavy atom. The highest BCUT2D eigenvalue weighted by atomic mass is 19.1. The summed E-state index contributed by atoms with van der Waals surface area (Å²) in [5, 5.41) is 3.46. The molecule has 2 rings (SSSR count). The summed E-state index contributed by atoms with van der Waals surface area (Å²) in [5.41, 5.74) is 1.93. The third-order valence-corrected chi connectivity index (χ3v) is 3.23. The van der Waals surface area contributed by atoms with Crippen molar-refractivity contribution in [3.8, 4) is 5.75 Å². The number of halogens is 1. The summed E-state index contributed by atoms with van der Waals surface area (Å²) in [5.74, 6) is 0.448. The lowest BCUT2D eigenvalue weighted by atomic mass is 9.97. The van der Waals surface area contributed by atoms with E-state index >= 15 is 0 Å². The Labute approximate surface area is 119 Å². The van der Waals surface area contributed by atoms with Gasteiger partial charge in [0.2, 0.25) is 0 Å². The van der Waals surface area contributed by atoms with E-state index in [9.17, 15) is 4.39 Å². The van der Waals surface area contributed by atoms with Crippen molar-refractivity contribution >= 4 is 0 Å². The maximum atomic E-state index is 13.6. The number of benzene rings is 2. The number of ether oxygens (including phenoxy) is 1. The Kier molecular flexibility index (Phi) is 5.13. The van der Waals surface area contributed by atoms with Crippen molar-refractivity contribution in [2.75, 3.05) is 13.7 Å². The Hall–Kier alpha value is -1.87. The lowest BCUT2D eigenvalue weighted by Gasteiger charge is -2.22. The highest BCUT2D eigenvalue weighted by Crippen LogP contribution is 2.30. The maximum Gasteiger partial charge on any atom is 0.124 e. The molecule has 0 aliphatic carbocycles. The first-order chi connectivity index (χ1) is 9.76. The molecule has 2 aromatic rings. The van der Waals surface area contributed by atoms with Crippen molar-refractivity contribution in [2.45, 2.75) is 19.4 Å². The third-order valence-electron chi connectivity index (χ3n) is 3.23. The highest BCUT2D eigenvalue weighted by molar-refractivity contribution is 5.42. The first kappa shape index (κ1) is 14.5. The molecule has 1 unspecified atom stereocenters. The van der Waals surface area contributed by atoms with Crippen LogP contribution in [0, 0.1) is 5.82 Å². The number of hydrogen-bond donors (Lipinski definition) is 1. The van der Waals surface area contributed by atoms with E-state index in [1.807, 2.05) is 30.3 Å². The molecule has 0 heterocycles. The summed E-state index contributed by atoms with van der Waals surface area (Å²) in [7, 11) is 1.61. The van der Waals surface area contributed by atoms with E-state index in [2.05, 4.69) is 12.2 Å². The summed E-state index contributed by atoms with van der Waals surface area (Å²) in [4.78, 5) is 0. The molecule has 0 aromatic heterocycles. The van der Waals surface area contributed by atoms with Gasteiger partial charge in [0.05, 0.1) is 13.2 Å².